The molecule has 1 N–H and O–H groups in total. The summed E-state index contributed by atoms with van der Waals surface area (Å²) in [5.74, 6) is 0.574. The number of methoxy groups -OCH3 is 1. The Morgan fingerprint density at radius 1 is 1.38 bits per heavy atom. The van der Waals surface area contributed by atoms with Crippen LogP contribution < -0.4 is 4.74 Å². The minimum absolute atomic E-state index is 0.574. The lowest BCUT2D eigenvalue weighted by Gasteiger charge is -2.16. The number of aromatic nitrogens is 3. The number of likely N-dealkylation sites (N-methyl/N-ethyl adjacent to an activating group) is 1. The summed E-state index contributed by atoms with van der Waals surface area (Å²) >= 11 is 0. The van der Waals surface area contributed by atoms with Gasteiger partial charge in [0.25, 0.3) is 0 Å². The van der Waals surface area contributed by atoms with E-state index in [1.807, 2.05) is 33.2 Å². The lowest BCUT2D eigenvalue weighted by molar-refractivity contribution is 0.195. The summed E-state index contributed by atoms with van der Waals surface area (Å²) in [5, 5.41) is 15.0. The molecule has 1 unspecified atom stereocenters. The maximum atomic E-state index is 10.6. The molecule has 114 valence electrons. The van der Waals surface area contributed by atoms with Crippen LogP contribution in [0.5, 0.6) is 5.75 Å². The van der Waals surface area contributed by atoms with Gasteiger partial charge in [-0.3, -0.25) is 9.67 Å². The zero-order valence-corrected chi connectivity index (χ0v) is 12.9. The number of hydrogen-bond donors (Lipinski definition) is 1. The van der Waals surface area contributed by atoms with Gasteiger partial charge in [-0.05, 0) is 33.2 Å². The van der Waals surface area contributed by atoms with E-state index in [-0.39, 0.29) is 0 Å². The first-order chi connectivity index (χ1) is 10.0. The fourth-order valence-corrected chi connectivity index (χ4v) is 2.14. The van der Waals surface area contributed by atoms with E-state index in [0.29, 0.717) is 23.7 Å². The van der Waals surface area contributed by atoms with Crippen molar-refractivity contribution in [2.45, 2.75) is 19.6 Å². The molecule has 0 spiro atoms. The van der Waals surface area contributed by atoms with Crippen LogP contribution in [-0.2, 0) is 6.54 Å². The van der Waals surface area contributed by atoms with Crippen molar-refractivity contribution in [2.75, 3.05) is 27.7 Å². The fourth-order valence-electron chi connectivity index (χ4n) is 2.14. The van der Waals surface area contributed by atoms with E-state index < -0.39 is 6.10 Å². The Hall–Kier alpha value is -1.92. The predicted molar refractivity (Wildman–Crippen MR) is 80.4 cm³/mol. The Bertz CT molecular complexity index is 595. The molecule has 0 radical (unpaired) electrons. The molecule has 6 heteroatoms. The number of aliphatic hydroxyl groups excluding tert-OH is 1. The average molecular weight is 290 g/mol. The number of ether oxygens (including phenoxy) is 1. The summed E-state index contributed by atoms with van der Waals surface area (Å²) in [6.07, 6.45) is 0.772. The highest BCUT2D eigenvalue weighted by atomic mass is 16.5. The van der Waals surface area contributed by atoms with E-state index in [0.717, 1.165) is 12.2 Å². The standard InChI is InChI=1S/C15H22N4O2/c1-11-6-5-7-12(17-11)15(20)14-13(21-4)10-16-19(14)9-8-18(2)3/h5-7,10,15,20H,8-9H2,1-4H3. The highest BCUT2D eigenvalue weighted by molar-refractivity contribution is 5.32. The van der Waals surface area contributed by atoms with Crippen LogP contribution in [0.25, 0.3) is 0 Å². The van der Waals surface area contributed by atoms with E-state index in [2.05, 4.69) is 15.0 Å². The van der Waals surface area contributed by atoms with Gasteiger partial charge in [0.2, 0.25) is 0 Å². The zero-order valence-electron chi connectivity index (χ0n) is 12.9. The van der Waals surface area contributed by atoms with Gasteiger partial charge in [0, 0.05) is 12.2 Å². The summed E-state index contributed by atoms with van der Waals surface area (Å²) in [4.78, 5) is 6.45. The van der Waals surface area contributed by atoms with Gasteiger partial charge >= 0.3 is 0 Å². The van der Waals surface area contributed by atoms with Crippen molar-refractivity contribution in [3.63, 3.8) is 0 Å². The lowest BCUT2D eigenvalue weighted by Crippen LogP contribution is -2.21. The molecule has 1 atom stereocenters. The van der Waals surface area contributed by atoms with Crippen LogP contribution in [-0.4, -0.2) is 52.5 Å². The van der Waals surface area contributed by atoms with Crippen molar-refractivity contribution in [1.82, 2.24) is 19.7 Å². The van der Waals surface area contributed by atoms with Crippen molar-refractivity contribution in [3.05, 3.63) is 41.5 Å². The molecule has 0 bridgehead atoms. The Kier molecular flexibility index (Phi) is 4.93. The smallest absolute Gasteiger partial charge is 0.163 e. The van der Waals surface area contributed by atoms with Gasteiger partial charge in [-0.2, -0.15) is 5.10 Å². The predicted octanol–water partition coefficient (Wildman–Crippen LogP) is 1.24. The molecule has 6 nitrogen and oxygen atoms in total. The lowest BCUT2D eigenvalue weighted by atomic mass is 10.1. The molecule has 0 saturated carbocycles. The molecule has 0 amide bonds. The SMILES string of the molecule is COc1cnn(CCN(C)C)c1C(O)c1cccc(C)n1. The maximum absolute atomic E-state index is 10.6. The Balaban J connectivity index is 2.34. The first kappa shape index (κ1) is 15.5. The molecule has 2 aromatic heterocycles. The largest absolute Gasteiger partial charge is 0.493 e. The molecule has 0 saturated heterocycles. The summed E-state index contributed by atoms with van der Waals surface area (Å²) < 4.78 is 7.09. The summed E-state index contributed by atoms with van der Waals surface area (Å²) in [7, 11) is 5.57. The number of hydrogen-bond acceptors (Lipinski definition) is 5. The summed E-state index contributed by atoms with van der Waals surface area (Å²) in [5.41, 5.74) is 2.10. The molecular formula is C15H22N4O2. The van der Waals surface area contributed by atoms with Crippen molar-refractivity contribution >= 4 is 0 Å². The molecular weight excluding hydrogens is 268 g/mol. The monoisotopic (exact) mass is 290 g/mol. The van der Waals surface area contributed by atoms with Crippen LogP contribution in [0.4, 0.5) is 0 Å². The van der Waals surface area contributed by atoms with Crippen molar-refractivity contribution in [3.8, 4) is 5.75 Å². The van der Waals surface area contributed by atoms with E-state index in [1.54, 1.807) is 24.1 Å². The van der Waals surface area contributed by atoms with E-state index in [9.17, 15) is 5.11 Å². The minimum atomic E-state index is -0.857. The third kappa shape index (κ3) is 3.59. The van der Waals surface area contributed by atoms with Gasteiger partial charge in [-0.25, -0.2) is 0 Å². The third-order valence-corrected chi connectivity index (χ3v) is 3.27. The van der Waals surface area contributed by atoms with Crippen molar-refractivity contribution in [2.24, 2.45) is 0 Å². The highest BCUT2D eigenvalue weighted by Gasteiger charge is 2.22. The van der Waals surface area contributed by atoms with Crippen LogP contribution >= 0.6 is 0 Å². The number of pyridine rings is 1. The molecule has 0 fully saturated rings. The third-order valence-electron chi connectivity index (χ3n) is 3.27. The van der Waals surface area contributed by atoms with Gasteiger partial charge in [0.1, 0.15) is 11.8 Å². The molecule has 0 aliphatic heterocycles. The zero-order chi connectivity index (χ0) is 15.4. The number of aryl methyl sites for hydroxylation is 1. The van der Waals surface area contributed by atoms with Crippen LogP contribution in [0, 0.1) is 6.92 Å². The van der Waals surface area contributed by atoms with Gasteiger partial charge < -0.3 is 14.7 Å². The molecule has 2 rings (SSSR count). The second-order valence-corrected chi connectivity index (χ2v) is 5.23. The van der Waals surface area contributed by atoms with Crippen LogP contribution in [0.1, 0.15) is 23.2 Å². The Labute approximate surface area is 125 Å². The maximum Gasteiger partial charge on any atom is 0.163 e. The minimum Gasteiger partial charge on any atom is -0.493 e. The van der Waals surface area contributed by atoms with Crippen LogP contribution in [0.2, 0.25) is 0 Å². The fraction of sp³-hybridized carbons (Fsp3) is 0.467. The molecule has 0 aliphatic carbocycles. The topological polar surface area (TPSA) is 63.4 Å². The normalized spacial score (nSPS) is 12.7. The average Bonchev–Trinajstić information content (AvgIpc) is 2.87. The molecule has 2 aromatic rings. The molecule has 21 heavy (non-hydrogen) atoms. The Morgan fingerprint density at radius 2 is 2.14 bits per heavy atom. The van der Waals surface area contributed by atoms with E-state index >= 15 is 0 Å². The molecule has 2 heterocycles. The van der Waals surface area contributed by atoms with Crippen LogP contribution in [0.3, 0.4) is 0 Å². The van der Waals surface area contributed by atoms with Crippen molar-refractivity contribution in [1.29, 1.82) is 0 Å². The molecule has 0 aromatic carbocycles. The van der Waals surface area contributed by atoms with Crippen molar-refractivity contribution < 1.29 is 9.84 Å². The summed E-state index contributed by atoms with van der Waals surface area (Å²) in [6, 6.07) is 5.59. The quantitative estimate of drug-likeness (QED) is 0.867. The van der Waals surface area contributed by atoms with E-state index in [1.165, 1.54) is 0 Å². The molecule has 0 aliphatic rings. The number of nitrogens with zero attached hydrogens (tertiary/aromatic N) is 4. The van der Waals surface area contributed by atoms with Gasteiger partial charge in [0.05, 0.1) is 25.5 Å². The first-order valence-electron chi connectivity index (χ1n) is 6.89. The highest BCUT2D eigenvalue weighted by Crippen LogP contribution is 2.29. The number of aliphatic hydroxyl groups is 1. The van der Waals surface area contributed by atoms with Gasteiger partial charge in [-0.1, -0.05) is 6.07 Å². The number of rotatable bonds is 6. The second kappa shape index (κ2) is 6.69. The van der Waals surface area contributed by atoms with Gasteiger partial charge in [0.15, 0.2) is 5.75 Å². The van der Waals surface area contributed by atoms with Crippen LogP contribution in [0.15, 0.2) is 24.4 Å². The van der Waals surface area contributed by atoms with Gasteiger partial charge in [-0.15, -0.1) is 0 Å². The first-order valence-corrected chi connectivity index (χ1v) is 6.89. The summed E-state index contributed by atoms with van der Waals surface area (Å²) in [6.45, 7) is 3.40. The Morgan fingerprint density at radius 3 is 2.76 bits per heavy atom. The second-order valence-electron chi connectivity index (χ2n) is 5.23. The van der Waals surface area contributed by atoms with E-state index in [4.69, 9.17) is 4.74 Å².